The molecule has 0 aromatic rings. The van der Waals surface area contributed by atoms with E-state index in [0.717, 1.165) is 31.6 Å². The van der Waals surface area contributed by atoms with Crippen LogP contribution in [0.1, 0.15) is 58.8 Å². The Hall–Kier alpha value is -0.570. The van der Waals surface area contributed by atoms with Crippen LogP contribution in [-0.4, -0.2) is 23.2 Å². The van der Waals surface area contributed by atoms with Gasteiger partial charge in [-0.05, 0) is 38.0 Å². The molecule has 1 fully saturated rings. The third-order valence-electron chi connectivity index (χ3n) is 3.74. The van der Waals surface area contributed by atoms with Gasteiger partial charge in [-0.15, -0.1) is 0 Å². The van der Waals surface area contributed by atoms with Crippen molar-refractivity contribution < 1.29 is 9.90 Å². The van der Waals surface area contributed by atoms with Crippen LogP contribution in [0.5, 0.6) is 0 Å². The smallest absolute Gasteiger partial charge is 0.320 e. The zero-order chi connectivity index (χ0) is 12.0. The minimum Gasteiger partial charge on any atom is -0.480 e. The number of nitrogens with one attached hydrogen (secondary N) is 1. The lowest BCUT2D eigenvalue weighted by atomic mass is 9.84. The molecule has 1 aliphatic rings. The van der Waals surface area contributed by atoms with Crippen LogP contribution in [-0.2, 0) is 4.79 Å². The average molecular weight is 227 g/mol. The van der Waals surface area contributed by atoms with E-state index in [1.165, 1.54) is 19.3 Å². The van der Waals surface area contributed by atoms with E-state index in [4.69, 9.17) is 5.11 Å². The van der Waals surface area contributed by atoms with Gasteiger partial charge in [-0.2, -0.15) is 0 Å². The first-order chi connectivity index (χ1) is 7.67. The van der Waals surface area contributed by atoms with Gasteiger partial charge in [-0.3, -0.25) is 4.79 Å². The number of rotatable bonds is 6. The molecular formula is C13H25NO2. The van der Waals surface area contributed by atoms with Crippen LogP contribution in [0.25, 0.3) is 0 Å². The minimum absolute atomic E-state index is 0.340. The highest BCUT2D eigenvalue weighted by molar-refractivity contribution is 5.73. The largest absolute Gasteiger partial charge is 0.480 e. The highest BCUT2D eigenvalue weighted by Crippen LogP contribution is 2.26. The quantitative estimate of drug-likeness (QED) is 0.733. The predicted octanol–water partition coefficient (Wildman–Crippen LogP) is 2.80. The number of carbonyl (C=O) groups is 1. The fourth-order valence-corrected chi connectivity index (χ4v) is 2.59. The lowest BCUT2D eigenvalue weighted by molar-refractivity contribution is -0.140. The highest BCUT2D eigenvalue weighted by Gasteiger charge is 2.24. The van der Waals surface area contributed by atoms with Gasteiger partial charge in [0, 0.05) is 6.04 Å². The van der Waals surface area contributed by atoms with Gasteiger partial charge in [0.1, 0.15) is 6.04 Å². The molecule has 0 heterocycles. The van der Waals surface area contributed by atoms with Crippen LogP contribution in [0.2, 0.25) is 0 Å². The molecule has 0 saturated heterocycles. The average Bonchev–Trinajstić information content (AvgIpc) is 2.29. The molecule has 3 nitrogen and oxygen atoms in total. The van der Waals surface area contributed by atoms with Gasteiger partial charge in [0.25, 0.3) is 0 Å². The van der Waals surface area contributed by atoms with E-state index in [2.05, 4.69) is 12.2 Å². The molecule has 0 spiro atoms. The van der Waals surface area contributed by atoms with Gasteiger partial charge in [0.2, 0.25) is 0 Å². The summed E-state index contributed by atoms with van der Waals surface area (Å²) in [6.45, 7) is 4.28. The summed E-state index contributed by atoms with van der Waals surface area (Å²) in [5, 5.41) is 12.4. The molecule has 2 N–H and O–H groups in total. The van der Waals surface area contributed by atoms with Gasteiger partial charge in [0.05, 0.1) is 0 Å². The number of hydrogen-bond acceptors (Lipinski definition) is 2. The van der Waals surface area contributed by atoms with Crippen molar-refractivity contribution in [2.45, 2.75) is 70.9 Å². The lowest BCUT2D eigenvalue weighted by Gasteiger charge is -2.30. The molecule has 1 aliphatic carbocycles. The van der Waals surface area contributed by atoms with E-state index < -0.39 is 5.97 Å². The summed E-state index contributed by atoms with van der Waals surface area (Å²) in [5.74, 6) is 0.173. The molecule has 94 valence electrons. The van der Waals surface area contributed by atoms with Gasteiger partial charge >= 0.3 is 5.97 Å². The van der Waals surface area contributed by atoms with Crippen LogP contribution in [0.3, 0.4) is 0 Å². The standard InChI is InChI=1S/C13H25NO2/c1-3-5-12(13(15)16)14-11-8-6-10(4-2)7-9-11/h10-12,14H,3-9H2,1-2H3,(H,15,16)/t10?,11?,12-/m0/s1. The van der Waals surface area contributed by atoms with Crippen LogP contribution in [0.4, 0.5) is 0 Å². The second-order valence-corrected chi connectivity index (χ2v) is 4.97. The summed E-state index contributed by atoms with van der Waals surface area (Å²) >= 11 is 0. The summed E-state index contributed by atoms with van der Waals surface area (Å²) in [5.41, 5.74) is 0. The highest BCUT2D eigenvalue weighted by atomic mass is 16.4. The van der Waals surface area contributed by atoms with Crippen molar-refractivity contribution in [3.8, 4) is 0 Å². The number of carboxylic acids is 1. The zero-order valence-electron chi connectivity index (χ0n) is 10.5. The molecular weight excluding hydrogens is 202 g/mol. The Morgan fingerprint density at radius 1 is 1.31 bits per heavy atom. The molecule has 0 aliphatic heterocycles. The Morgan fingerprint density at radius 3 is 2.38 bits per heavy atom. The lowest BCUT2D eigenvalue weighted by Crippen LogP contribution is -2.44. The Morgan fingerprint density at radius 2 is 1.94 bits per heavy atom. The van der Waals surface area contributed by atoms with Gasteiger partial charge < -0.3 is 10.4 Å². The third kappa shape index (κ3) is 4.12. The number of carboxylic acid groups (broad SMARTS) is 1. The molecule has 16 heavy (non-hydrogen) atoms. The van der Waals surface area contributed by atoms with E-state index in [-0.39, 0.29) is 6.04 Å². The summed E-state index contributed by atoms with van der Waals surface area (Å²) in [6.07, 6.45) is 7.73. The first-order valence-corrected chi connectivity index (χ1v) is 6.66. The number of aliphatic carboxylic acids is 1. The molecule has 0 unspecified atom stereocenters. The summed E-state index contributed by atoms with van der Waals surface area (Å²) < 4.78 is 0. The maximum atomic E-state index is 11.0. The van der Waals surface area contributed by atoms with E-state index in [1.54, 1.807) is 0 Å². The van der Waals surface area contributed by atoms with Crippen LogP contribution < -0.4 is 5.32 Å². The van der Waals surface area contributed by atoms with Crippen molar-refractivity contribution in [1.29, 1.82) is 0 Å². The predicted molar refractivity (Wildman–Crippen MR) is 65.5 cm³/mol. The fraction of sp³-hybridized carbons (Fsp3) is 0.923. The molecule has 0 aromatic carbocycles. The van der Waals surface area contributed by atoms with Crippen molar-refractivity contribution in [2.75, 3.05) is 0 Å². The van der Waals surface area contributed by atoms with Crippen molar-refractivity contribution in [3.63, 3.8) is 0 Å². The molecule has 3 heteroatoms. The monoisotopic (exact) mass is 227 g/mol. The summed E-state index contributed by atoms with van der Waals surface area (Å²) in [6, 6.07) is 0.0867. The molecule has 1 atom stereocenters. The maximum Gasteiger partial charge on any atom is 0.320 e. The zero-order valence-corrected chi connectivity index (χ0v) is 10.5. The Labute approximate surface area is 98.6 Å². The molecule has 0 bridgehead atoms. The second kappa shape index (κ2) is 6.89. The van der Waals surface area contributed by atoms with Gasteiger partial charge in [-0.1, -0.05) is 26.7 Å². The topological polar surface area (TPSA) is 49.3 Å². The second-order valence-electron chi connectivity index (χ2n) is 4.97. The molecule has 0 radical (unpaired) electrons. The van der Waals surface area contributed by atoms with E-state index in [1.807, 2.05) is 6.92 Å². The Balaban J connectivity index is 2.33. The maximum absolute atomic E-state index is 11.0. The molecule has 0 aromatic heterocycles. The van der Waals surface area contributed by atoms with Crippen LogP contribution in [0, 0.1) is 5.92 Å². The Bertz CT molecular complexity index is 210. The van der Waals surface area contributed by atoms with Crippen molar-refractivity contribution in [3.05, 3.63) is 0 Å². The molecule has 1 rings (SSSR count). The summed E-state index contributed by atoms with van der Waals surface area (Å²) in [7, 11) is 0. The van der Waals surface area contributed by atoms with Crippen molar-refractivity contribution >= 4 is 5.97 Å². The van der Waals surface area contributed by atoms with Gasteiger partial charge in [0.15, 0.2) is 0 Å². The van der Waals surface area contributed by atoms with Crippen molar-refractivity contribution in [1.82, 2.24) is 5.32 Å². The fourth-order valence-electron chi connectivity index (χ4n) is 2.59. The third-order valence-corrected chi connectivity index (χ3v) is 3.74. The molecule has 1 saturated carbocycles. The minimum atomic E-state index is -0.695. The molecule has 0 amide bonds. The summed E-state index contributed by atoms with van der Waals surface area (Å²) in [4.78, 5) is 11.0. The Kier molecular flexibility index (Phi) is 5.81. The first kappa shape index (κ1) is 13.5. The normalized spacial score (nSPS) is 27.6. The first-order valence-electron chi connectivity index (χ1n) is 6.66. The number of hydrogen-bond donors (Lipinski definition) is 2. The van der Waals surface area contributed by atoms with E-state index in [0.29, 0.717) is 6.04 Å². The SMILES string of the molecule is CCC[C@H](NC1CCC(CC)CC1)C(=O)O. The van der Waals surface area contributed by atoms with E-state index >= 15 is 0 Å². The van der Waals surface area contributed by atoms with Gasteiger partial charge in [-0.25, -0.2) is 0 Å². The van der Waals surface area contributed by atoms with Crippen LogP contribution >= 0.6 is 0 Å². The van der Waals surface area contributed by atoms with E-state index in [9.17, 15) is 4.79 Å². The van der Waals surface area contributed by atoms with Crippen molar-refractivity contribution in [2.24, 2.45) is 5.92 Å². The van der Waals surface area contributed by atoms with Crippen LogP contribution in [0.15, 0.2) is 0 Å².